The van der Waals surface area contributed by atoms with Crippen molar-refractivity contribution in [2.45, 2.75) is 26.0 Å². The van der Waals surface area contributed by atoms with E-state index in [1.54, 1.807) is 11.7 Å². The van der Waals surface area contributed by atoms with Gasteiger partial charge in [-0.2, -0.15) is 5.10 Å². The first kappa shape index (κ1) is 10.8. The molecule has 0 aliphatic rings. The Hall–Kier alpha value is -1.69. The molecule has 6 heteroatoms. The van der Waals surface area contributed by atoms with E-state index in [4.69, 9.17) is 0 Å². The smallest absolute Gasteiger partial charge is 0.264 e. The lowest BCUT2D eigenvalue weighted by Gasteiger charge is -2.09. The highest BCUT2D eigenvalue weighted by molar-refractivity contribution is 5.72. The lowest BCUT2D eigenvalue weighted by Crippen LogP contribution is -2.26. The first-order valence-electron chi connectivity index (χ1n) is 5.18. The predicted octanol–water partition coefficient (Wildman–Crippen LogP) is -0.0991. The van der Waals surface area contributed by atoms with Crippen LogP contribution < -0.4 is 5.56 Å². The second kappa shape index (κ2) is 4.05. The molecule has 1 atom stereocenters. The summed E-state index contributed by atoms with van der Waals surface area (Å²) in [4.78, 5) is 16.1. The second-order valence-corrected chi connectivity index (χ2v) is 3.77. The average molecular weight is 222 g/mol. The lowest BCUT2D eigenvalue weighted by atomic mass is 10.3. The average Bonchev–Trinajstić information content (AvgIpc) is 2.65. The Morgan fingerprint density at radius 3 is 3.00 bits per heavy atom. The highest BCUT2D eigenvalue weighted by Crippen LogP contribution is 2.03. The molecule has 2 rings (SSSR count). The van der Waals surface area contributed by atoms with E-state index in [0.29, 0.717) is 17.5 Å². The molecule has 1 unspecified atom stereocenters. The number of fused-ring (bicyclic) bond motifs is 1. The molecule has 0 saturated heterocycles. The first-order valence-corrected chi connectivity index (χ1v) is 5.18. The van der Waals surface area contributed by atoms with Crippen LogP contribution in [0.1, 0.15) is 13.3 Å². The maximum absolute atomic E-state index is 12.0. The summed E-state index contributed by atoms with van der Waals surface area (Å²) in [7, 11) is 1.74. The molecule has 0 aliphatic heterocycles. The van der Waals surface area contributed by atoms with Crippen LogP contribution in [0.5, 0.6) is 0 Å². The van der Waals surface area contributed by atoms with Gasteiger partial charge < -0.3 is 5.11 Å². The molecule has 16 heavy (non-hydrogen) atoms. The summed E-state index contributed by atoms with van der Waals surface area (Å²) < 4.78 is 2.97. The summed E-state index contributed by atoms with van der Waals surface area (Å²) in [6.45, 7) is 2.14. The lowest BCUT2D eigenvalue weighted by molar-refractivity contribution is 0.148. The van der Waals surface area contributed by atoms with Crippen LogP contribution in [0.4, 0.5) is 0 Å². The van der Waals surface area contributed by atoms with Gasteiger partial charge in [0.2, 0.25) is 0 Å². The van der Waals surface area contributed by atoms with Crippen molar-refractivity contribution >= 4 is 11.0 Å². The summed E-state index contributed by atoms with van der Waals surface area (Å²) in [5, 5.41) is 14.0. The van der Waals surface area contributed by atoms with E-state index in [1.807, 2.05) is 6.92 Å². The van der Waals surface area contributed by atoms with Crippen LogP contribution in [-0.4, -0.2) is 30.5 Å². The largest absolute Gasteiger partial charge is 0.391 e. The highest BCUT2D eigenvalue weighted by Gasteiger charge is 2.09. The topological polar surface area (TPSA) is 72.9 Å². The van der Waals surface area contributed by atoms with E-state index in [-0.39, 0.29) is 12.1 Å². The number of aliphatic hydroxyl groups is 1. The molecule has 0 fully saturated rings. The molecule has 0 aliphatic carbocycles. The summed E-state index contributed by atoms with van der Waals surface area (Å²) in [6.07, 6.45) is 3.04. The molecule has 0 bridgehead atoms. The van der Waals surface area contributed by atoms with Crippen molar-refractivity contribution in [1.29, 1.82) is 0 Å². The fraction of sp³-hybridized carbons (Fsp3) is 0.500. The van der Waals surface area contributed by atoms with Crippen LogP contribution in [0.15, 0.2) is 17.3 Å². The number of nitrogens with zero attached hydrogens (tertiary/aromatic N) is 4. The maximum atomic E-state index is 12.0. The van der Waals surface area contributed by atoms with Crippen molar-refractivity contribution in [3.05, 3.63) is 22.9 Å². The summed E-state index contributed by atoms with van der Waals surface area (Å²) in [6, 6.07) is 0. The molecule has 2 aromatic heterocycles. The Labute approximate surface area is 92.2 Å². The van der Waals surface area contributed by atoms with Gasteiger partial charge in [-0.25, -0.2) is 4.98 Å². The molecule has 0 amide bonds. The van der Waals surface area contributed by atoms with Crippen LogP contribution in [0.2, 0.25) is 0 Å². The minimum atomic E-state index is -0.520. The summed E-state index contributed by atoms with van der Waals surface area (Å²) in [5.41, 5.74) is 0.401. The van der Waals surface area contributed by atoms with Gasteiger partial charge >= 0.3 is 0 Å². The van der Waals surface area contributed by atoms with Crippen LogP contribution in [0.3, 0.4) is 0 Å². The Balaban J connectivity index is 2.49. The normalized spacial score (nSPS) is 13.2. The van der Waals surface area contributed by atoms with Gasteiger partial charge in [0.15, 0.2) is 5.65 Å². The van der Waals surface area contributed by atoms with E-state index in [0.717, 1.165) is 0 Å². The molecule has 0 saturated carbocycles. The monoisotopic (exact) mass is 222 g/mol. The van der Waals surface area contributed by atoms with Crippen molar-refractivity contribution < 1.29 is 5.11 Å². The van der Waals surface area contributed by atoms with E-state index in [2.05, 4.69) is 10.1 Å². The third-order valence-corrected chi connectivity index (χ3v) is 2.60. The summed E-state index contributed by atoms with van der Waals surface area (Å²) in [5.74, 6) is 0. The van der Waals surface area contributed by atoms with E-state index >= 15 is 0 Å². The van der Waals surface area contributed by atoms with Gasteiger partial charge in [-0.3, -0.25) is 14.0 Å². The van der Waals surface area contributed by atoms with Crippen molar-refractivity contribution in [3.8, 4) is 0 Å². The van der Waals surface area contributed by atoms with Crippen molar-refractivity contribution in [3.63, 3.8) is 0 Å². The molecule has 86 valence electrons. The van der Waals surface area contributed by atoms with Crippen LogP contribution in [0.25, 0.3) is 11.0 Å². The fourth-order valence-electron chi connectivity index (χ4n) is 1.55. The maximum Gasteiger partial charge on any atom is 0.264 e. The van der Waals surface area contributed by atoms with Gasteiger partial charge in [-0.05, 0) is 6.42 Å². The van der Waals surface area contributed by atoms with Gasteiger partial charge in [0.25, 0.3) is 5.56 Å². The van der Waals surface area contributed by atoms with Crippen molar-refractivity contribution in [2.24, 2.45) is 7.05 Å². The molecule has 0 spiro atoms. The van der Waals surface area contributed by atoms with Crippen molar-refractivity contribution in [1.82, 2.24) is 19.3 Å². The van der Waals surface area contributed by atoms with Crippen molar-refractivity contribution in [2.75, 3.05) is 0 Å². The van der Waals surface area contributed by atoms with E-state index in [9.17, 15) is 9.90 Å². The molecule has 2 heterocycles. The molecule has 0 radical (unpaired) electrons. The number of hydrogen-bond acceptors (Lipinski definition) is 4. The zero-order valence-corrected chi connectivity index (χ0v) is 9.29. The van der Waals surface area contributed by atoms with E-state index in [1.165, 1.54) is 17.1 Å². The minimum absolute atomic E-state index is 0.161. The van der Waals surface area contributed by atoms with E-state index < -0.39 is 6.10 Å². The summed E-state index contributed by atoms with van der Waals surface area (Å²) >= 11 is 0. The Morgan fingerprint density at radius 2 is 2.31 bits per heavy atom. The molecule has 0 aromatic carbocycles. The quantitative estimate of drug-likeness (QED) is 0.787. The first-order chi connectivity index (χ1) is 7.63. The number of hydrogen-bond donors (Lipinski definition) is 1. The fourth-order valence-corrected chi connectivity index (χ4v) is 1.55. The number of aliphatic hydroxyl groups excluding tert-OH is 1. The zero-order valence-electron chi connectivity index (χ0n) is 9.29. The van der Waals surface area contributed by atoms with Gasteiger partial charge in [0, 0.05) is 7.05 Å². The molecule has 6 nitrogen and oxygen atoms in total. The highest BCUT2D eigenvalue weighted by atomic mass is 16.3. The second-order valence-electron chi connectivity index (χ2n) is 3.77. The Kier molecular flexibility index (Phi) is 2.74. The van der Waals surface area contributed by atoms with Gasteiger partial charge in [-0.15, -0.1) is 0 Å². The molecular formula is C10H14N4O2. The Morgan fingerprint density at radius 1 is 1.56 bits per heavy atom. The minimum Gasteiger partial charge on any atom is -0.391 e. The Bertz CT molecular complexity index is 557. The molecule has 2 aromatic rings. The molecule has 1 N–H and O–H groups in total. The number of aromatic nitrogens is 4. The van der Waals surface area contributed by atoms with Gasteiger partial charge in [0.05, 0.1) is 18.8 Å². The van der Waals surface area contributed by atoms with Crippen LogP contribution in [0, 0.1) is 0 Å². The SMILES string of the molecule is CCC(O)Cn1cnc2c(cnn2C)c1=O. The van der Waals surface area contributed by atoms with Crippen LogP contribution >= 0.6 is 0 Å². The van der Waals surface area contributed by atoms with Crippen LogP contribution in [-0.2, 0) is 13.6 Å². The standard InChI is InChI=1S/C10H14N4O2/c1-3-7(15)5-14-6-11-9-8(10(14)16)4-12-13(9)2/h4,6-7,15H,3,5H2,1-2H3. The predicted molar refractivity (Wildman–Crippen MR) is 59.1 cm³/mol. The third-order valence-electron chi connectivity index (χ3n) is 2.60. The molecular weight excluding hydrogens is 208 g/mol. The number of rotatable bonds is 3. The third kappa shape index (κ3) is 1.71. The van der Waals surface area contributed by atoms with Gasteiger partial charge in [-0.1, -0.05) is 6.92 Å². The van der Waals surface area contributed by atoms with Gasteiger partial charge in [0.1, 0.15) is 11.7 Å². The number of aryl methyl sites for hydroxylation is 1. The zero-order chi connectivity index (χ0) is 11.7.